The van der Waals surface area contributed by atoms with Crippen LogP contribution in [0.1, 0.15) is 39.0 Å². The lowest BCUT2D eigenvalue weighted by Gasteiger charge is -2.11. The number of ether oxygens (including phenoxy) is 5. The number of rotatable bonds is 13. The van der Waals surface area contributed by atoms with E-state index in [1.54, 1.807) is 7.11 Å². The Hall–Kier alpha value is -1.79. The summed E-state index contributed by atoms with van der Waals surface area (Å²) in [6.07, 6.45) is 4.77. The highest BCUT2D eigenvalue weighted by Gasteiger charge is 2.52. The van der Waals surface area contributed by atoms with Gasteiger partial charge >= 0.3 is 5.97 Å². The quantitative estimate of drug-likeness (QED) is 0.235. The van der Waals surface area contributed by atoms with Gasteiger partial charge in [-0.25, -0.2) is 4.79 Å². The zero-order chi connectivity index (χ0) is 18.0. The lowest BCUT2D eigenvalue weighted by molar-refractivity contribution is -0.149. The van der Waals surface area contributed by atoms with Gasteiger partial charge in [-0.1, -0.05) is 18.9 Å². The molecule has 1 heterocycles. The summed E-state index contributed by atoms with van der Waals surface area (Å²) in [5, 5.41) is 0. The molecule has 0 saturated carbocycles. The van der Waals surface area contributed by atoms with Crippen LogP contribution in [0.15, 0.2) is 24.3 Å². The Morgan fingerprint density at radius 2 is 1.88 bits per heavy atom. The Morgan fingerprint density at radius 3 is 2.56 bits per heavy atom. The van der Waals surface area contributed by atoms with Gasteiger partial charge in [-0.05, 0) is 38.3 Å². The van der Waals surface area contributed by atoms with Crippen molar-refractivity contribution in [1.29, 1.82) is 0 Å². The molecule has 1 atom stereocenters. The van der Waals surface area contributed by atoms with Crippen LogP contribution in [-0.4, -0.2) is 45.3 Å². The molecule has 1 aliphatic rings. The zero-order valence-electron chi connectivity index (χ0n) is 15.1. The van der Waals surface area contributed by atoms with E-state index in [-0.39, 0.29) is 12.8 Å². The number of hydrogen-bond donors (Lipinski definition) is 0. The van der Waals surface area contributed by atoms with Gasteiger partial charge < -0.3 is 23.7 Å². The van der Waals surface area contributed by atoms with E-state index in [1.165, 1.54) is 0 Å². The number of epoxide rings is 1. The molecule has 140 valence electrons. The first kappa shape index (κ1) is 19.5. The molecule has 1 unspecified atom stereocenters. The third-order valence-electron chi connectivity index (χ3n) is 4.03. The van der Waals surface area contributed by atoms with Crippen LogP contribution in [0.3, 0.4) is 0 Å². The number of carbonyl (C=O) groups excluding carboxylic acids is 1. The number of unbranched alkanes of at least 4 members (excludes halogenated alkanes) is 3. The summed E-state index contributed by atoms with van der Waals surface area (Å²) in [7, 11) is 1.59. The molecule has 1 fully saturated rings. The van der Waals surface area contributed by atoms with Gasteiger partial charge in [-0.3, -0.25) is 0 Å². The molecule has 1 aromatic rings. The molecule has 0 aromatic heterocycles. The minimum Gasteiger partial charge on any atom is -0.493 e. The number of esters is 1. The second-order valence-electron chi connectivity index (χ2n) is 6.04. The third-order valence-corrected chi connectivity index (χ3v) is 4.03. The Bertz CT molecular complexity index is 526. The number of benzene rings is 1. The van der Waals surface area contributed by atoms with Crippen molar-refractivity contribution in [3.8, 4) is 11.5 Å². The van der Waals surface area contributed by atoms with Gasteiger partial charge in [0.1, 0.15) is 11.5 Å². The maximum atomic E-state index is 11.8. The molecule has 1 aliphatic heterocycles. The molecule has 0 N–H and O–H groups in total. The molecule has 0 radical (unpaired) electrons. The molecule has 6 nitrogen and oxygen atoms in total. The smallest absolute Gasteiger partial charge is 0.340 e. The van der Waals surface area contributed by atoms with E-state index in [4.69, 9.17) is 23.7 Å². The highest BCUT2D eigenvalue weighted by atomic mass is 16.7. The predicted molar refractivity (Wildman–Crippen MR) is 92.8 cm³/mol. The summed E-state index contributed by atoms with van der Waals surface area (Å²) in [5.41, 5.74) is -0.644. The summed E-state index contributed by atoms with van der Waals surface area (Å²) < 4.78 is 26.4. The van der Waals surface area contributed by atoms with Crippen LogP contribution in [0.5, 0.6) is 11.5 Å². The highest BCUT2D eigenvalue weighted by Crippen LogP contribution is 2.34. The summed E-state index contributed by atoms with van der Waals surface area (Å²) in [6, 6.07) is 7.52. The second-order valence-corrected chi connectivity index (χ2v) is 6.04. The normalized spacial score (nSPS) is 18.6. The zero-order valence-corrected chi connectivity index (χ0v) is 15.1. The summed E-state index contributed by atoms with van der Waals surface area (Å²) in [6.45, 7) is 3.59. The van der Waals surface area contributed by atoms with E-state index in [1.807, 2.05) is 31.2 Å². The first-order valence-corrected chi connectivity index (χ1v) is 8.86. The largest absolute Gasteiger partial charge is 0.493 e. The molecule has 0 spiro atoms. The van der Waals surface area contributed by atoms with E-state index in [0.29, 0.717) is 19.8 Å². The maximum absolute atomic E-state index is 11.8. The van der Waals surface area contributed by atoms with E-state index in [2.05, 4.69) is 0 Å². The van der Waals surface area contributed by atoms with Crippen molar-refractivity contribution in [1.82, 2.24) is 0 Å². The van der Waals surface area contributed by atoms with Crippen molar-refractivity contribution in [2.45, 2.75) is 44.6 Å². The molecule has 0 amide bonds. The number of methoxy groups -OCH3 is 1. The molecule has 6 heteroatoms. The minimum absolute atomic E-state index is 0.214. The van der Waals surface area contributed by atoms with Gasteiger partial charge in [0.15, 0.2) is 12.4 Å². The van der Waals surface area contributed by atoms with E-state index < -0.39 is 5.60 Å². The van der Waals surface area contributed by atoms with Crippen molar-refractivity contribution in [2.75, 3.05) is 33.7 Å². The fraction of sp³-hybridized carbons (Fsp3) is 0.632. The fourth-order valence-corrected chi connectivity index (χ4v) is 2.55. The third kappa shape index (κ3) is 6.55. The maximum Gasteiger partial charge on any atom is 0.340 e. The summed E-state index contributed by atoms with van der Waals surface area (Å²) in [5.74, 6) is 1.31. The van der Waals surface area contributed by atoms with Gasteiger partial charge in [-0.2, -0.15) is 0 Å². The van der Waals surface area contributed by atoms with Crippen molar-refractivity contribution < 1.29 is 28.5 Å². The molecule has 0 aliphatic carbocycles. The van der Waals surface area contributed by atoms with Crippen LogP contribution in [-0.2, 0) is 19.0 Å². The molecule has 1 aromatic carbocycles. The topological polar surface area (TPSA) is 66.5 Å². The van der Waals surface area contributed by atoms with Gasteiger partial charge in [0, 0.05) is 13.2 Å². The van der Waals surface area contributed by atoms with Gasteiger partial charge in [0.25, 0.3) is 0 Å². The van der Waals surface area contributed by atoms with Crippen molar-refractivity contribution in [3.05, 3.63) is 24.3 Å². The highest BCUT2D eigenvalue weighted by molar-refractivity contribution is 5.82. The summed E-state index contributed by atoms with van der Waals surface area (Å²) in [4.78, 5) is 11.8. The molecular formula is C19H28O6. The SMILES string of the molecule is CCOC(=O)C1(CCCCCCOc2cccc(OCOC)c2)CO1. The average molecular weight is 352 g/mol. The molecule has 2 rings (SSSR count). The van der Waals surface area contributed by atoms with Gasteiger partial charge in [0.2, 0.25) is 0 Å². The van der Waals surface area contributed by atoms with Crippen LogP contribution < -0.4 is 9.47 Å². The average Bonchev–Trinajstić information content (AvgIpc) is 3.41. The van der Waals surface area contributed by atoms with Crippen molar-refractivity contribution in [3.63, 3.8) is 0 Å². The molecule has 25 heavy (non-hydrogen) atoms. The minimum atomic E-state index is -0.644. The Balaban J connectivity index is 1.54. The Kier molecular flexibility index (Phi) is 8.01. The van der Waals surface area contributed by atoms with Crippen LogP contribution >= 0.6 is 0 Å². The van der Waals surface area contributed by atoms with Crippen molar-refractivity contribution in [2.24, 2.45) is 0 Å². The summed E-state index contributed by atoms with van der Waals surface area (Å²) >= 11 is 0. The lowest BCUT2D eigenvalue weighted by Crippen LogP contribution is -2.27. The number of hydrogen-bond acceptors (Lipinski definition) is 6. The van der Waals surface area contributed by atoms with E-state index in [9.17, 15) is 4.79 Å². The van der Waals surface area contributed by atoms with Crippen molar-refractivity contribution >= 4 is 5.97 Å². The second kappa shape index (κ2) is 10.3. The number of carbonyl (C=O) groups is 1. The van der Waals surface area contributed by atoms with Crippen LogP contribution in [0.25, 0.3) is 0 Å². The van der Waals surface area contributed by atoms with Crippen LogP contribution in [0, 0.1) is 0 Å². The first-order valence-electron chi connectivity index (χ1n) is 8.86. The van der Waals surface area contributed by atoms with Gasteiger partial charge in [-0.15, -0.1) is 0 Å². The van der Waals surface area contributed by atoms with Gasteiger partial charge in [0.05, 0.1) is 19.8 Å². The fourth-order valence-electron chi connectivity index (χ4n) is 2.55. The Morgan fingerprint density at radius 1 is 1.16 bits per heavy atom. The van der Waals surface area contributed by atoms with Crippen LogP contribution in [0.4, 0.5) is 0 Å². The molecule has 0 bridgehead atoms. The molecular weight excluding hydrogens is 324 g/mol. The molecule has 1 saturated heterocycles. The van der Waals surface area contributed by atoms with E-state index in [0.717, 1.165) is 43.6 Å². The Labute approximate surface area is 149 Å². The van der Waals surface area contributed by atoms with Crippen LogP contribution in [0.2, 0.25) is 0 Å². The first-order chi connectivity index (χ1) is 12.2. The predicted octanol–water partition coefficient (Wildman–Crippen LogP) is 3.33. The standard InChI is InChI=1S/C19H28O6/c1-3-22-18(20)19(14-25-19)11-6-4-5-7-12-23-16-9-8-10-17(13-16)24-15-21-2/h8-10,13H,3-7,11-12,14-15H2,1-2H3. The monoisotopic (exact) mass is 352 g/mol. The lowest BCUT2D eigenvalue weighted by atomic mass is 10.0. The van der Waals surface area contributed by atoms with E-state index >= 15 is 0 Å².